The van der Waals surface area contributed by atoms with Crippen molar-refractivity contribution in [2.45, 2.75) is 38.6 Å². The zero-order valence-electron chi connectivity index (χ0n) is 11.7. The Morgan fingerprint density at radius 2 is 2.05 bits per heavy atom. The van der Waals surface area contributed by atoms with E-state index in [-0.39, 0.29) is 17.3 Å². The number of halogens is 2. The lowest BCUT2D eigenvalue weighted by atomic mass is 9.87. The summed E-state index contributed by atoms with van der Waals surface area (Å²) >= 11 is 0. The van der Waals surface area contributed by atoms with Crippen LogP contribution in [0, 0.1) is 17.6 Å². The normalized spacial score (nSPS) is 22.4. The number of carbonyl (C=O) groups is 1. The lowest BCUT2D eigenvalue weighted by molar-refractivity contribution is 0.0594. The van der Waals surface area contributed by atoms with E-state index < -0.39 is 17.6 Å². The Hall–Kier alpha value is -1.65. The average Bonchev–Trinajstić information content (AvgIpc) is 2.43. The maximum atomic E-state index is 14.0. The third-order valence-corrected chi connectivity index (χ3v) is 3.78. The van der Waals surface area contributed by atoms with E-state index in [0.717, 1.165) is 26.4 Å². The predicted octanol–water partition coefficient (Wildman–Crippen LogP) is 3.74. The molecule has 3 nitrogen and oxygen atoms in total. The van der Waals surface area contributed by atoms with Gasteiger partial charge in [0.2, 0.25) is 0 Å². The number of ether oxygens (including phenoxy) is 1. The fourth-order valence-electron chi connectivity index (χ4n) is 2.71. The summed E-state index contributed by atoms with van der Waals surface area (Å²) < 4.78 is 32.2. The molecule has 0 radical (unpaired) electrons. The van der Waals surface area contributed by atoms with E-state index in [2.05, 4.69) is 17.0 Å². The minimum atomic E-state index is -1.16. The van der Waals surface area contributed by atoms with Crippen molar-refractivity contribution >= 4 is 11.7 Å². The zero-order valence-corrected chi connectivity index (χ0v) is 11.7. The van der Waals surface area contributed by atoms with Crippen molar-refractivity contribution in [2.24, 2.45) is 5.92 Å². The minimum absolute atomic E-state index is 0.106. The molecule has 0 spiro atoms. The van der Waals surface area contributed by atoms with Crippen molar-refractivity contribution in [3.63, 3.8) is 0 Å². The first-order valence-electron chi connectivity index (χ1n) is 6.85. The molecule has 2 rings (SSSR count). The van der Waals surface area contributed by atoms with E-state index in [0.29, 0.717) is 5.92 Å². The highest BCUT2D eigenvalue weighted by molar-refractivity contribution is 5.90. The van der Waals surface area contributed by atoms with Crippen LogP contribution in [-0.2, 0) is 4.74 Å². The summed E-state index contributed by atoms with van der Waals surface area (Å²) in [7, 11) is 1.13. The number of hydrogen-bond donors (Lipinski definition) is 1. The molecule has 0 aromatic heterocycles. The van der Waals surface area contributed by atoms with Crippen molar-refractivity contribution in [2.75, 3.05) is 12.4 Å². The van der Waals surface area contributed by atoms with Crippen LogP contribution in [0.1, 0.15) is 43.0 Å². The van der Waals surface area contributed by atoms with Gasteiger partial charge in [0.05, 0.1) is 18.4 Å². The highest BCUT2D eigenvalue weighted by Gasteiger charge is 2.23. The summed E-state index contributed by atoms with van der Waals surface area (Å²) in [6, 6.07) is 2.79. The molecule has 1 saturated carbocycles. The number of esters is 1. The summed E-state index contributed by atoms with van der Waals surface area (Å²) in [5.41, 5.74) is -0.276. The molecule has 0 heterocycles. The molecule has 1 fully saturated rings. The molecule has 1 aliphatic carbocycles. The van der Waals surface area contributed by atoms with Gasteiger partial charge in [-0.15, -0.1) is 0 Å². The second kappa shape index (κ2) is 6.20. The van der Waals surface area contributed by atoms with Crippen LogP contribution in [0.25, 0.3) is 0 Å². The van der Waals surface area contributed by atoms with Crippen LogP contribution in [0.2, 0.25) is 0 Å². The number of anilines is 1. The molecule has 0 bridgehead atoms. The second-order valence-corrected chi connectivity index (χ2v) is 5.39. The van der Waals surface area contributed by atoms with Crippen molar-refractivity contribution in [1.29, 1.82) is 0 Å². The SMILES string of the molecule is COC(=O)c1ccc(NC2CCCC(C)C2)c(F)c1F. The second-order valence-electron chi connectivity index (χ2n) is 5.39. The molecule has 5 heteroatoms. The lowest BCUT2D eigenvalue weighted by Crippen LogP contribution is -2.27. The third kappa shape index (κ3) is 3.08. The largest absolute Gasteiger partial charge is 0.465 e. The highest BCUT2D eigenvalue weighted by Crippen LogP contribution is 2.28. The van der Waals surface area contributed by atoms with E-state index in [4.69, 9.17) is 0 Å². The Labute approximate surface area is 117 Å². The first-order chi connectivity index (χ1) is 9.52. The molecule has 1 N–H and O–H groups in total. The van der Waals surface area contributed by atoms with Crippen LogP contribution >= 0.6 is 0 Å². The lowest BCUT2D eigenvalue weighted by Gasteiger charge is -2.28. The topological polar surface area (TPSA) is 38.3 Å². The molecular formula is C15H19F2NO2. The van der Waals surface area contributed by atoms with Gasteiger partial charge < -0.3 is 10.1 Å². The van der Waals surface area contributed by atoms with E-state index in [1.807, 2.05) is 0 Å². The summed E-state index contributed by atoms with van der Waals surface area (Å²) in [4.78, 5) is 11.3. The van der Waals surface area contributed by atoms with Gasteiger partial charge in [-0.25, -0.2) is 13.6 Å². The quantitative estimate of drug-likeness (QED) is 0.859. The first-order valence-corrected chi connectivity index (χ1v) is 6.85. The average molecular weight is 283 g/mol. The summed E-state index contributed by atoms with van der Waals surface area (Å²) in [6.07, 6.45) is 4.16. The van der Waals surface area contributed by atoms with E-state index in [1.54, 1.807) is 0 Å². The fraction of sp³-hybridized carbons (Fsp3) is 0.533. The first kappa shape index (κ1) is 14.8. The molecule has 1 aromatic carbocycles. The molecule has 0 saturated heterocycles. The van der Waals surface area contributed by atoms with E-state index in [9.17, 15) is 13.6 Å². The Balaban J connectivity index is 2.17. The van der Waals surface area contributed by atoms with Crippen molar-refractivity contribution < 1.29 is 18.3 Å². The number of methoxy groups -OCH3 is 1. The molecule has 20 heavy (non-hydrogen) atoms. The molecule has 110 valence electrons. The number of benzene rings is 1. The monoisotopic (exact) mass is 283 g/mol. The molecule has 1 aromatic rings. The molecule has 0 amide bonds. The van der Waals surface area contributed by atoms with Crippen molar-refractivity contribution in [1.82, 2.24) is 0 Å². The molecular weight excluding hydrogens is 264 g/mol. The van der Waals surface area contributed by atoms with Crippen LogP contribution in [-0.4, -0.2) is 19.1 Å². The summed E-state index contributed by atoms with van der Waals surface area (Å²) in [5, 5.41) is 3.04. The van der Waals surface area contributed by atoms with Crippen LogP contribution < -0.4 is 5.32 Å². The van der Waals surface area contributed by atoms with Gasteiger partial charge in [0, 0.05) is 6.04 Å². The smallest absolute Gasteiger partial charge is 0.340 e. The van der Waals surface area contributed by atoms with E-state index in [1.165, 1.54) is 18.6 Å². The van der Waals surface area contributed by atoms with Gasteiger partial charge in [0.1, 0.15) is 0 Å². The van der Waals surface area contributed by atoms with Gasteiger partial charge in [-0.3, -0.25) is 0 Å². The number of hydrogen-bond acceptors (Lipinski definition) is 3. The van der Waals surface area contributed by atoms with Crippen LogP contribution in [0.4, 0.5) is 14.5 Å². The van der Waals surface area contributed by atoms with Gasteiger partial charge in [0.25, 0.3) is 0 Å². The molecule has 2 unspecified atom stereocenters. The predicted molar refractivity (Wildman–Crippen MR) is 72.7 cm³/mol. The van der Waals surface area contributed by atoms with Gasteiger partial charge >= 0.3 is 5.97 Å². The number of carbonyl (C=O) groups excluding carboxylic acids is 1. The van der Waals surface area contributed by atoms with Crippen molar-refractivity contribution in [3.8, 4) is 0 Å². The number of rotatable bonds is 3. The highest BCUT2D eigenvalue weighted by atomic mass is 19.2. The standard InChI is InChI=1S/C15H19F2NO2/c1-9-4-3-5-10(8-9)18-12-7-6-11(15(19)20-2)13(16)14(12)17/h6-7,9-10,18H,3-5,8H2,1-2H3. The van der Waals surface area contributed by atoms with Gasteiger partial charge in [-0.05, 0) is 30.9 Å². The van der Waals surface area contributed by atoms with Crippen molar-refractivity contribution in [3.05, 3.63) is 29.3 Å². The van der Waals surface area contributed by atoms with Gasteiger partial charge in [-0.2, -0.15) is 0 Å². The zero-order chi connectivity index (χ0) is 14.7. The summed E-state index contributed by atoms with van der Waals surface area (Å²) in [5.74, 6) is -2.47. The summed E-state index contributed by atoms with van der Waals surface area (Å²) in [6.45, 7) is 2.16. The van der Waals surface area contributed by atoms with E-state index >= 15 is 0 Å². The van der Waals surface area contributed by atoms with Crippen LogP contribution in [0.5, 0.6) is 0 Å². The maximum absolute atomic E-state index is 14.0. The molecule has 1 aliphatic rings. The Morgan fingerprint density at radius 3 is 2.70 bits per heavy atom. The number of nitrogens with one attached hydrogen (secondary N) is 1. The van der Waals surface area contributed by atoms with Gasteiger partial charge in [-0.1, -0.05) is 19.8 Å². The Kier molecular flexibility index (Phi) is 4.57. The minimum Gasteiger partial charge on any atom is -0.465 e. The van der Waals surface area contributed by atoms with Gasteiger partial charge in [0.15, 0.2) is 11.6 Å². The van der Waals surface area contributed by atoms with Crippen LogP contribution in [0.3, 0.4) is 0 Å². The maximum Gasteiger partial charge on any atom is 0.340 e. The fourth-order valence-corrected chi connectivity index (χ4v) is 2.71. The Bertz CT molecular complexity index is 505. The van der Waals surface area contributed by atoms with Crippen LogP contribution in [0.15, 0.2) is 12.1 Å². The Morgan fingerprint density at radius 1 is 1.30 bits per heavy atom. The third-order valence-electron chi connectivity index (χ3n) is 3.78. The molecule has 0 aliphatic heterocycles. The molecule has 2 atom stereocenters.